The fourth-order valence-corrected chi connectivity index (χ4v) is 11.9. The van der Waals surface area contributed by atoms with E-state index < -0.39 is 292 Å². The Balaban J connectivity index is 0.000000271. The van der Waals surface area contributed by atoms with Gasteiger partial charge in [-0.05, 0) is 133 Å². The number of likely N-dealkylation sites (tertiary alicyclic amines) is 2. The number of hydrogen-bond acceptors (Lipinski definition) is 10. The van der Waals surface area contributed by atoms with Crippen molar-refractivity contribution in [2.45, 2.75) is 111 Å². The van der Waals surface area contributed by atoms with Gasteiger partial charge >= 0.3 is 12.4 Å². The number of piperidine rings is 2. The van der Waals surface area contributed by atoms with Gasteiger partial charge in [0.25, 0.3) is 0 Å². The first-order chi connectivity index (χ1) is 64.7. The zero-order valence-electron chi connectivity index (χ0n) is 91.5. The van der Waals surface area contributed by atoms with Crippen LogP contribution in [-0.2, 0) is 69.1 Å². The summed E-state index contributed by atoms with van der Waals surface area (Å²) in [5, 5.41) is -3.16. The van der Waals surface area contributed by atoms with Crippen LogP contribution in [0.2, 0.25) is 0 Å². The Labute approximate surface area is 667 Å². The van der Waals surface area contributed by atoms with Gasteiger partial charge in [0.15, 0.2) is 34.1 Å². The summed E-state index contributed by atoms with van der Waals surface area (Å²) < 4.78 is 469. The number of fused-ring (bicyclic) bond motifs is 2. The molecule has 0 N–H and O–H groups in total. The van der Waals surface area contributed by atoms with Gasteiger partial charge in [0, 0.05) is 154 Å². The highest BCUT2D eigenvalue weighted by Gasteiger charge is 2.34. The molecule has 2 aliphatic heterocycles. The summed E-state index contributed by atoms with van der Waals surface area (Å²) in [6.45, 7) is -36.2. The summed E-state index contributed by atoms with van der Waals surface area (Å²) in [4.78, 5) is 57.1. The van der Waals surface area contributed by atoms with Crippen molar-refractivity contribution in [1.82, 2.24) is 28.7 Å². The number of amides is 2. The number of halogens is 10. The molecule has 8 aromatic carbocycles. The second kappa shape index (κ2) is 35.1. The molecular formula is C82H80F10N6O6S2. The highest BCUT2D eigenvalue weighted by molar-refractivity contribution is 7.98. The third kappa shape index (κ3) is 19.6. The topological polar surface area (TPSA) is 110 Å². The predicted octanol–water partition coefficient (Wildman–Crippen LogP) is 17.4. The lowest BCUT2D eigenvalue weighted by Gasteiger charge is -2.39. The number of hydrogen-bond donors (Lipinski definition) is 0. The average Bonchev–Trinajstić information content (AvgIpc) is 0.658. The van der Waals surface area contributed by atoms with Crippen molar-refractivity contribution >= 4 is 57.1 Å². The minimum Gasteiger partial charge on any atom is -0.383 e. The van der Waals surface area contributed by atoms with Crippen LogP contribution < -0.4 is 10.9 Å². The van der Waals surface area contributed by atoms with Crippen LogP contribution >= 0.6 is 23.5 Å². The third-order valence-electron chi connectivity index (χ3n) is 15.4. The van der Waals surface area contributed by atoms with Gasteiger partial charge in [-0.1, -0.05) is 120 Å². The molecule has 12 nitrogen and oxygen atoms in total. The summed E-state index contributed by atoms with van der Waals surface area (Å²) in [7, 11) is 1.19. The van der Waals surface area contributed by atoms with Gasteiger partial charge < -0.3 is 38.2 Å². The molecule has 556 valence electrons. The molecule has 0 bridgehead atoms. The first-order valence-electron chi connectivity index (χ1n) is 49.0. The minimum absolute atomic E-state index is 0.0307. The molecule has 10 aromatic rings. The van der Waals surface area contributed by atoms with E-state index in [0.717, 1.165) is 97.9 Å². The van der Waals surface area contributed by atoms with E-state index in [2.05, 4.69) is 9.47 Å². The molecule has 0 aliphatic carbocycles. The smallest absolute Gasteiger partial charge is 0.383 e. The molecular weight excluding hydrogens is 1420 g/mol. The Kier molecular flexibility index (Phi) is 14.5. The van der Waals surface area contributed by atoms with Crippen LogP contribution in [-0.4, -0.2) is 119 Å². The van der Waals surface area contributed by atoms with E-state index in [1.54, 1.807) is 0 Å². The number of carbonyl (C=O) groups excluding carboxylic acids is 2. The predicted molar refractivity (Wildman–Crippen MR) is 395 cm³/mol. The molecule has 0 unspecified atom stereocenters. The van der Waals surface area contributed by atoms with Crippen LogP contribution in [0.25, 0.3) is 44.1 Å². The molecule has 0 radical (unpaired) electrons. The Morgan fingerprint density at radius 3 is 1.28 bits per heavy atom. The van der Waals surface area contributed by atoms with Crippen LogP contribution in [0.15, 0.2) is 201 Å². The van der Waals surface area contributed by atoms with Crippen LogP contribution in [0.1, 0.15) is 119 Å². The van der Waals surface area contributed by atoms with Crippen molar-refractivity contribution in [2.24, 2.45) is 0 Å². The number of rotatable bonds is 24. The molecule has 24 heteroatoms. The van der Waals surface area contributed by atoms with Crippen molar-refractivity contribution in [3.63, 3.8) is 0 Å². The van der Waals surface area contributed by atoms with E-state index in [-0.39, 0.29) is 71.6 Å². The first-order valence-corrected chi connectivity index (χ1v) is 32.8. The van der Waals surface area contributed by atoms with Crippen molar-refractivity contribution in [1.29, 1.82) is 0 Å². The molecule has 2 aromatic heterocycles. The lowest BCUT2D eigenvalue weighted by molar-refractivity contribution is -0.138. The standard InChI is InChI=1S/2C41H40F5N3O3S/c2*1-27-6-15-36-34(22-27)37(50)23-39(53-26-31-4-3-5-35(42)40(31)43)49(36)25-38(51)48(33-16-18-47(19-17-33)20-21-52-2)24-28-7-9-29(10-8-28)30-11-13-32(14-12-30)41(44,45)46/h2*3-15,22-23,33H,16-21,24-26H2,1-2H3/i6D,15D,16D2,17D2,18D2,19D2,20D2,21D2,22D,23D,26D2,33D;6D,15D,16D2,17D2,18D2,19D2,20D2,21D2,22D,23D,33D. The second-order valence-electron chi connectivity index (χ2n) is 22.6. The highest BCUT2D eigenvalue weighted by Crippen LogP contribution is 2.36. The average molecular weight is 1540 g/mol. The van der Waals surface area contributed by atoms with E-state index in [0.29, 0.717) is 41.2 Å². The Hall–Kier alpha value is -9.04. The molecule has 0 saturated carbocycles. The second-order valence-corrected chi connectivity index (χ2v) is 24.4. The maximum atomic E-state index is 15.4. The normalized spacial score (nSPS) is 24.2. The quantitative estimate of drug-likeness (QED) is 0.0428. The summed E-state index contributed by atoms with van der Waals surface area (Å²) >= 11 is 0.205. The maximum Gasteiger partial charge on any atom is 0.416 e. The van der Waals surface area contributed by atoms with Gasteiger partial charge in [-0.2, -0.15) is 26.3 Å². The summed E-state index contributed by atoms with van der Waals surface area (Å²) in [5.41, 5.74) is -10.7. The molecule has 2 saturated heterocycles. The van der Waals surface area contributed by atoms with Crippen molar-refractivity contribution in [2.75, 3.05) is 66.3 Å². The molecule has 0 spiro atoms. The lowest BCUT2D eigenvalue weighted by Crippen LogP contribution is -2.48. The van der Waals surface area contributed by atoms with Gasteiger partial charge in [0.2, 0.25) is 11.8 Å². The van der Waals surface area contributed by atoms with Crippen molar-refractivity contribution < 1.29 is 112 Å². The summed E-state index contributed by atoms with van der Waals surface area (Å²) in [6, 6.07) is 7.35. The van der Waals surface area contributed by atoms with Gasteiger partial charge in [0.1, 0.15) is 13.1 Å². The fraction of sp³-hybridized carbons (Fsp3) is 0.317. The fourth-order valence-electron chi connectivity index (χ4n) is 10.2. The number of thioether (sulfide) groups is 2. The Morgan fingerprint density at radius 1 is 0.528 bits per heavy atom. The summed E-state index contributed by atoms with van der Waals surface area (Å²) in [5.74, 6) is -9.99. The largest absolute Gasteiger partial charge is 0.416 e. The molecule has 4 heterocycles. The van der Waals surface area contributed by atoms with Crippen molar-refractivity contribution in [3.8, 4) is 22.3 Å². The van der Waals surface area contributed by atoms with Crippen LogP contribution in [0, 0.1) is 37.1 Å². The number of methoxy groups -OCH3 is 2. The number of alkyl halides is 6. The van der Waals surface area contributed by atoms with Gasteiger partial charge in [0.05, 0.1) is 64.5 Å². The number of aromatic nitrogens is 2. The molecule has 2 amide bonds. The molecule has 12 rings (SSSR count). The molecule has 106 heavy (non-hydrogen) atoms. The lowest BCUT2D eigenvalue weighted by atomic mass is 10.00. The molecule has 0 atom stereocenters. The van der Waals surface area contributed by atoms with Crippen LogP contribution in [0.3, 0.4) is 0 Å². The van der Waals surface area contributed by atoms with Gasteiger partial charge in [-0.25, -0.2) is 17.6 Å². The third-order valence-corrected chi connectivity index (χ3v) is 17.3. The van der Waals surface area contributed by atoms with E-state index >= 15 is 14.0 Å². The summed E-state index contributed by atoms with van der Waals surface area (Å²) in [6.07, 6.45) is -26.9. The van der Waals surface area contributed by atoms with E-state index in [1.165, 1.54) is 43.3 Å². The number of carbonyl (C=O) groups is 2. The Morgan fingerprint density at radius 2 is 0.896 bits per heavy atom. The number of pyridine rings is 2. The zero-order chi connectivity index (χ0) is 108. The minimum atomic E-state index is -4.69. The monoisotopic (exact) mass is 1530 g/mol. The number of benzene rings is 8. The van der Waals surface area contributed by atoms with Crippen LogP contribution in [0.5, 0.6) is 0 Å². The zero-order valence-corrected chi connectivity index (χ0v) is 57.1. The molecule has 2 fully saturated rings. The van der Waals surface area contributed by atoms with E-state index in [4.69, 9.17) is 35.6 Å². The SMILES string of the molecule is [2H]c1c(C)c([2H])c2c(=O)c([2H])c(SC([2H])([2H])c3cccc(F)c3F)n(CC(=O)N(Cc3ccc(-c4ccc(C(F)(F)F)cc4)cc3)C3([2H])C([2H])([2H])C([2H])([2H])N(C([2H])([2H])C([2H])([2H])OC)C([2H])([2H])C3([2H])[2H])c2c1[2H].[2H]c1c(C)c([2H])c2c(=O)c([2H])c(SCc3cccc(F)c3F)n(CC(=O)N(Cc3ccc(-c4ccc(C(F)(F)F)cc4)cc3)C3([2H])C([2H])([2H])C([2H])([2H])N(C([2H])([2H])C([2H])([2H])OC)C([2H])([2H])C3([2H])[2H])c2c1[2H]. The van der Waals surface area contributed by atoms with Gasteiger partial charge in [-0.3, -0.25) is 19.2 Å². The highest BCUT2D eigenvalue weighted by atomic mass is 32.2. The first kappa shape index (κ1) is 43.7. The maximum absolute atomic E-state index is 15.4. The van der Waals surface area contributed by atoms with E-state index in [1.807, 2.05) is 0 Å². The molecule has 2 aliphatic rings. The van der Waals surface area contributed by atoms with Gasteiger partial charge in [-0.15, -0.1) is 23.5 Å². The van der Waals surface area contributed by atoms with Crippen molar-refractivity contribution in [3.05, 3.63) is 270 Å². The number of nitrogens with zero attached hydrogens (tertiary/aromatic N) is 6. The van der Waals surface area contributed by atoms with Crippen LogP contribution in [0.4, 0.5) is 43.9 Å². The Bertz CT molecular complexity index is 6720. The van der Waals surface area contributed by atoms with E-state index in [9.17, 15) is 62.8 Å². The number of ether oxygens (including phenoxy) is 2.